The van der Waals surface area contributed by atoms with E-state index in [4.69, 9.17) is 10.8 Å². The Balaban J connectivity index is 2.10. The molecule has 100 valence electrons. The van der Waals surface area contributed by atoms with Gasteiger partial charge in [-0.05, 0) is 59.3 Å². The average molecular weight is 313 g/mol. The third kappa shape index (κ3) is 3.05. The molecule has 3 nitrogen and oxygen atoms in total. The lowest BCUT2D eigenvalue weighted by atomic mass is 10.1. The number of hydrogen-bond donors (Lipinski definition) is 2. The van der Waals surface area contributed by atoms with Crippen molar-refractivity contribution < 1.29 is 5.11 Å². The van der Waals surface area contributed by atoms with Crippen LogP contribution in [0.25, 0.3) is 0 Å². The van der Waals surface area contributed by atoms with Gasteiger partial charge in [-0.1, -0.05) is 6.07 Å². The summed E-state index contributed by atoms with van der Waals surface area (Å²) in [5.74, 6) is 0.620. The lowest BCUT2D eigenvalue weighted by molar-refractivity contribution is 0.263. The molecule has 1 aliphatic rings. The quantitative estimate of drug-likeness (QED) is 0.898. The zero-order valence-corrected chi connectivity index (χ0v) is 12.4. The Kier molecular flexibility index (Phi) is 4.65. The predicted molar refractivity (Wildman–Crippen MR) is 78.8 cm³/mol. The highest BCUT2D eigenvalue weighted by molar-refractivity contribution is 9.10. The van der Waals surface area contributed by atoms with Gasteiger partial charge in [-0.25, -0.2) is 0 Å². The normalized spacial score (nSPS) is 21.3. The first-order valence-corrected chi connectivity index (χ1v) is 7.32. The summed E-state index contributed by atoms with van der Waals surface area (Å²) >= 11 is 3.64. The van der Waals surface area contributed by atoms with Crippen molar-refractivity contribution >= 4 is 21.6 Å². The van der Waals surface area contributed by atoms with Crippen molar-refractivity contribution in [2.75, 3.05) is 24.6 Å². The molecule has 0 spiro atoms. The molecule has 0 saturated carbocycles. The third-order valence-electron chi connectivity index (χ3n) is 3.66. The Morgan fingerprint density at radius 3 is 2.94 bits per heavy atom. The Morgan fingerprint density at radius 1 is 1.56 bits per heavy atom. The van der Waals surface area contributed by atoms with Crippen molar-refractivity contribution in [2.45, 2.75) is 25.8 Å². The summed E-state index contributed by atoms with van der Waals surface area (Å²) in [6, 6.07) is 6.42. The van der Waals surface area contributed by atoms with Crippen LogP contribution in [0.15, 0.2) is 22.7 Å². The first-order valence-electron chi connectivity index (χ1n) is 6.52. The van der Waals surface area contributed by atoms with Gasteiger partial charge in [0, 0.05) is 30.2 Å². The molecule has 1 aliphatic heterocycles. The van der Waals surface area contributed by atoms with E-state index in [1.807, 2.05) is 6.92 Å². The van der Waals surface area contributed by atoms with Crippen LogP contribution in [-0.2, 0) is 0 Å². The zero-order chi connectivity index (χ0) is 13.1. The van der Waals surface area contributed by atoms with Crippen molar-refractivity contribution in [1.82, 2.24) is 0 Å². The fourth-order valence-electron chi connectivity index (χ4n) is 2.53. The molecule has 3 N–H and O–H groups in total. The number of benzene rings is 1. The highest BCUT2D eigenvalue weighted by Gasteiger charge is 2.23. The standard InChI is InChI=1S/C14H21BrN2O/c1-10(16)12-2-3-14(13(15)8-12)17-6-4-11(9-17)5-7-18/h2-3,8,10-11,18H,4-7,9,16H2,1H3/t10-,11?/m1/s1. The van der Waals surface area contributed by atoms with Gasteiger partial charge in [-0.15, -0.1) is 0 Å². The van der Waals surface area contributed by atoms with Crippen molar-refractivity contribution in [1.29, 1.82) is 0 Å². The number of anilines is 1. The third-order valence-corrected chi connectivity index (χ3v) is 4.30. The molecular formula is C14H21BrN2O. The van der Waals surface area contributed by atoms with E-state index in [9.17, 15) is 0 Å². The molecule has 0 radical (unpaired) electrons. The molecule has 1 aromatic rings. The van der Waals surface area contributed by atoms with E-state index in [-0.39, 0.29) is 6.04 Å². The second-order valence-electron chi connectivity index (χ2n) is 5.11. The number of nitrogens with zero attached hydrogens (tertiary/aromatic N) is 1. The molecule has 1 unspecified atom stereocenters. The van der Waals surface area contributed by atoms with Gasteiger partial charge in [-0.3, -0.25) is 0 Å². The van der Waals surface area contributed by atoms with Crippen LogP contribution in [0.4, 0.5) is 5.69 Å². The second kappa shape index (κ2) is 6.04. The highest BCUT2D eigenvalue weighted by Crippen LogP contribution is 2.33. The maximum atomic E-state index is 8.99. The van der Waals surface area contributed by atoms with E-state index < -0.39 is 0 Å². The number of halogens is 1. The number of aliphatic hydroxyl groups is 1. The molecule has 1 fully saturated rings. The van der Waals surface area contributed by atoms with Crippen LogP contribution in [0.2, 0.25) is 0 Å². The van der Waals surface area contributed by atoms with E-state index in [1.54, 1.807) is 0 Å². The van der Waals surface area contributed by atoms with Crippen molar-refractivity contribution in [3.8, 4) is 0 Å². The Bertz CT molecular complexity index is 409. The van der Waals surface area contributed by atoms with Gasteiger partial charge in [0.05, 0.1) is 5.69 Å². The highest BCUT2D eigenvalue weighted by atomic mass is 79.9. The second-order valence-corrected chi connectivity index (χ2v) is 5.97. The van der Waals surface area contributed by atoms with Gasteiger partial charge in [0.25, 0.3) is 0 Å². The monoisotopic (exact) mass is 312 g/mol. The molecule has 0 aromatic heterocycles. The van der Waals surface area contributed by atoms with Crippen LogP contribution < -0.4 is 10.6 Å². The molecule has 1 heterocycles. The van der Waals surface area contributed by atoms with Gasteiger partial charge in [0.1, 0.15) is 0 Å². The van der Waals surface area contributed by atoms with Gasteiger partial charge in [0.2, 0.25) is 0 Å². The van der Waals surface area contributed by atoms with Gasteiger partial charge < -0.3 is 15.7 Å². The van der Waals surface area contributed by atoms with E-state index in [1.165, 1.54) is 12.1 Å². The Morgan fingerprint density at radius 2 is 2.33 bits per heavy atom. The fourth-order valence-corrected chi connectivity index (χ4v) is 3.18. The minimum Gasteiger partial charge on any atom is -0.396 e. The van der Waals surface area contributed by atoms with Gasteiger partial charge in [0.15, 0.2) is 0 Å². The van der Waals surface area contributed by atoms with E-state index in [2.05, 4.69) is 39.0 Å². The molecule has 2 rings (SSSR count). The summed E-state index contributed by atoms with van der Waals surface area (Å²) in [7, 11) is 0. The molecule has 0 aliphatic carbocycles. The molecule has 1 saturated heterocycles. The van der Waals surface area contributed by atoms with Crippen molar-refractivity contribution in [3.05, 3.63) is 28.2 Å². The van der Waals surface area contributed by atoms with Gasteiger partial charge in [-0.2, -0.15) is 0 Å². The van der Waals surface area contributed by atoms with Crippen molar-refractivity contribution in [2.24, 2.45) is 11.7 Å². The van der Waals surface area contributed by atoms with Gasteiger partial charge >= 0.3 is 0 Å². The summed E-state index contributed by atoms with van der Waals surface area (Å²) in [5, 5.41) is 8.99. The first kappa shape index (κ1) is 13.8. The van der Waals surface area contributed by atoms with E-state index in [0.29, 0.717) is 12.5 Å². The lowest BCUT2D eigenvalue weighted by Gasteiger charge is -2.21. The van der Waals surface area contributed by atoms with E-state index >= 15 is 0 Å². The number of aliphatic hydroxyl groups excluding tert-OH is 1. The molecular weight excluding hydrogens is 292 g/mol. The summed E-state index contributed by atoms with van der Waals surface area (Å²) < 4.78 is 1.11. The molecule has 0 bridgehead atoms. The lowest BCUT2D eigenvalue weighted by Crippen LogP contribution is -2.20. The van der Waals surface area contributed by atoms with Crippen LogP contribution >= 0.6 is 15.9 Å². The molecule has 2 atom stereocenters. The number of rotatable bonds is 4. The largest absolute Gasteiger partial charge is 0.396 e. The minimum absolute atomic E-state index is 0.0658. The summed E-state index contributed by atoms with van der Waals surface area (Å²) in [6.45, 7) is 4.40. The molecule has 4 heteroatoms. The maximum absolute atomic E-state index is 8.99. The topological polar surface area (TPSA) is 49.5 Å². The molecule has 0 amide bonds. The molecule has 18 heavy (non-hydrogen) atoms. The Labute approximate surface area is 117 Å². The van der Waals surface area contributed by atoms with Crippen LogP contribution in [0.1, 0.15) is 31.4 Å². The van der Waals surface area contributed by atoms with E-state index in [0.717, 1.165) is 29.5 Å². The van der Waals surface area contributed by atoms with Crippen molar-refractivity contribution in [3.63, 3.8) is 0 Å². The summed E-state index contributed by atoms with van der Waals surface area (Å²) in [4.78, 5) is 2.38. The first-order chi connectivity index (χ1) is 8.61. The Hall–Kier alpha value is -0.580. The summed E-state index contributed by atoms with van der Waals surface area (Å²) in [5.41, 5.74) is 8.27. The van der Waals surface area contributed by atoms with Crippen LogP contribution in [0, 0.1) is 5.92 Å². The molecule has 1 aromatic carbocycles. The predicted octanol–water partition coefficient (Wildman–Crippen LogP) is 2.68. The number of hydrogen-bond acceptors (Lipinski definition) is 3. The zero-order valence-electron chi connectivity index (χ0n) is 10.8. The van der Waals surface area contributed by atoms with Crippen LogP contribution in [0.5, 0.6) is 0 Å². The smallest absolute Gasteiger partial charge is 0.0510 e. The van der Waals surface area contributed by atoms with Crippen LogP contribution in [0.3, 0.4) is 0 Å². The maximum Gasteiger partial charge on any atom is 0.0510 e. The number of nitrogens with two attached hydrogens (primary N) is 1. The van der Waals surface area contributed by atoms with Crippen LogP contribution in [-0.4, -0.2) is 24.8 Å². The summed E-state index contributed by atoms with van der Waals surface area (Å²) in [6.07, 6.45) is 2.08. The SMILES string of the molecule is C[C@@H](N)c1ccc(N2CCC(CCO)C2)c(Br)c1. The average Bonchev–Trinajstić information content (AvgIpc) is 2.77. The minimum atomic E-state index is 0.0658. The fraction of sp³-hybridized carbons (Fsp3) is 0.571.